The molecule has 1 N–H and O–H groups in total. The highest BCUT2D eigenvalue weighted by Crippen LogP contribution is 2.52. The molecule has 3 unspecified atom stereocenters. The zero-order chi connectivity index (χ0) is 8.82. The van der Waals surface area contributed by atoms with Gasteiger partial charge in [-0.2, -0.15) is 0 Å². The lowest BCUT2D eigenvalue weighted by Crippen LogP contribution is -2.35. The van der Waals surface area contributed by atoms with Gasteiger partial charge in [-0.3, -0.25) is 0 Å². The van der Waals surface area contributed by atoms with Crippen LogP contribution >= 0.6 is 0 Å². The quantitative estimate of drug-likeness (QED) is 0.635. The van der Waals surface area contributed by atoms with Gasteiger partial charge in [0.15, 0.2) is 0 Å². The smallest absolute Gasteiger partial charge is 0.0922 e. The van der Waals surface area contributed by atoms with Crippen molar-refractivity contribution in [3.8, 4) is 0 Å². The first kappa shape index (κ1) is 8.27. The molecule has 68 valence electrons. The summed E-state index contributed by atoms with van der Waals surface area (Å²) in [5.41, 5.74) is -0.334. The fourth-order valence-electron chi connectivity index (χ4n) is 2.51. The summed E-state index contributed by atoms with van der Waals surface area (Å²) in [6.07, 6.45) is 5.35. The summed E-state index contributed by atoms with van der Waals surface area (Å²) in [5, 5.41) is 9.71. The van der Waals surface area contributed by atoms with E-state index >= 15 is 0 Å². The van der Waals surface area contributed by atoms with E-state index in [1.165, 1.54) is 0 Å². The first-order valence-electron chi connectivity index (χ1n) is 4.59. The molecule has 0 amide bonds. The minimum atomic E-state index is -0.272. The van der Waals surface area contributed by atoms with Crippen LogP contribution in [-0.2, 0) is 4.74 Å². The molecule has 3 atom stereocenters. The molecule has 2 heterocycles. The predicted octanol–water partition coefficient (Wildman–Crippen LogP) is 1.64. The van der Waals surface area contributed by atoms with Crippen LogP contribution in [0.1, 0.15) is 32.6 Å². The predicted molar refractivity (Wildman–Crippen MR) is 46.9 cm³/mol. The largest absolute Gasteiger partial charge is 0.390 e. The van der Waals surface area contributed by atoms with E-state index in [0.29, 0.717) is 0 Å². The molecule has 2 fully saturated rings. The first-order chi connectivity index (χ1) is 5.60. The number of ether oxygens (including phenoxy) is 1. The maximum absolute atomic E-state index is 9.71. The average Bonchev–Trinajstić information content (AvgIpc) is 2.40. The first-order valence-corrected chi connectivity index (χ1v) is 4.59. The van der Waals surface area contributed by atoms with Crippen LogP contribution in [0.3, 0.4) is 0 Å². The van der Waals surface area contributed by atoms with Crippen molar-refractivity contribution in [2.24, 2.45) is 0 Å². The second-order valence-corrected chi connectivity index (χ2v) is 4.31. The van der Waals surface area contributed by atoms with Gasteiger partial charge in [-0.05, 0) is 26.2 Å². The van der Waals surface area contributed by atoms with Crippen LogP contribution in [0, 0.1) is 0 Å². The van der Waals surface area contributed by atoms with E-state index < -0.39 is 0 Å². The third kappa shape index (κ3) is 0.947. The Kier molecular flexibility index (Phi) is 1.61. The number of aliphatic hydroxyl groups excluding tert-OH is 1. The van der Waals surface area contributed by atoms with E-state index in [2.05, 4.69) is 6.58 Å². The van der Waals surface area contributed by atoms with Crippen molar-refractivity contribution < 1.29 is 9.84 Å². The van der Waals surface area contributed by atoms with Gasteiger partial charge in [0, 0.05) is 6.42 Å². The van der Waals surface area contributed by atoms with Crippen LogP contribution in [0.25, 0.3) is 0 Å². The van der Waals surface area contributed by atoms with E-state index in [4.69, 9.17) is 4.74 Å². The van der Waals surface area contributed by atoms with Crippen LogP contribution in [-0.4, -0.2) is 22.4 Å². The molecule has 2 heteroatoms. The van der Waals surface area contributed by atoms with Crippen molar-refractivity contribution in [2.75, 3.05) is 0 Å². The summed E-state index contributed by atoms with van der Waals surface area (Å²) in [5.74, 6) is 0. The molecule has 0 aromatic heterocycles. The van der Waals surface area contributed by atoms with E-state index in [9.17, 15) is 5.11 Å². The molecule has 2 aliphatic rings. The van der Waals surface area contributed by atoms with Gasteiger partial charge >= 0.3 is 0 Å². The number of fused-ring (bicyclic) bond motifs is 2. The summed E-state index contributed by atoms with van der Waals surface area (Å²) in [6.45, 7) is 5.73. The lowest BCUT2D eigenvalue weighted by Gasteiger charge is -2.24. The zero-order valence-electron chi connectivity index (χ0n) is 7.55. The monoisotopic (exact) mass is 168 g/mol. The lowest BCUT2D eigenvalue weighted by atomic mass is 9.79. The maximum atomic E-state index is 9.71. The molecule has 0 aromatic carbocycles. The molecular formula is C10H16O2. The topological polar surface area (TPSA) is 29.5 Å². The van der Waals surface area contributed by atoms with E-state index in [0.717, 1.165) is 25.7 Å². The lowest BCUT2D eigenvalue weighted by molar-refractivity contribution is -0.0620. The van der Waals surface area contributed by atoms with Gasteiger partial charge in [0.25, 0.3) is 0 Å². The average molecular weight is 168 g/mol. The standard InChI is InChI=1S/C10H16O2/c1-3-4-10-6-5-9(2,12-10)8(11)7-10/h3,8,11H,1,4-7H2,2H3. The Morgan fingerprint density at radius 3 is 2.83 bits per heavy atom. The second-order valence-electron chi connectivity index (χ2n) is 4.31. The van der Waals surface area contributed by atoms with Crippen LogP contribution < -0.4 is 0 Å². The summed E-state index contributed by atoms with van der Waals surface area (Å²) in [7, 11) is 0. The van der Waals surface area contributed by atoms with E-state index in [-0.39, 0.29) is 17.3 Å². The van der Waals surface area contributed by atoms with Crippen LogP contribution in [0.4, 0.5) is 0 Å². The Morgan fingerprint density at radius 1 is 1.67 bits per heavy atom. The molecule has 0 aromatic rings. The summed E-state index contributed by atoms with van der Waals surface area (Å²) < 4.78 is 5.88. The Balaban J connectivity index is 2.19. The number of rotatable bonds is 2. The number of hydrogen-bond donors (Lipinski definition) is 1. The third-order valence-corrected chi connectivity index (χ3v) is 3.31. The van der Waals surface area contributed by atoms with Crippen LogP contribution in [0.5, 0.6) is 0 Å². The highest BCUT2D eigenvalue weighted by Gasteiger charge is 2.57. The minimum absolute atomic E-state index is 0.0735. The van der Waals surface area contributed by atoms with E-state index in [1.54, 1.807) is 0 Å². The molecular weight excluding hydrogens is 152 g/mol. The number of hydrogen-bond acceptors (Lipinski definition) is 2. The van der Waals surface area contributed by atoms with Gasteiger partial charge < -0.3 is 9.84 Å². The Bertz CT molecular complexity index is 214. The molecule has 2 rings (SSSR count). The zero-order valence-corrected chi connectivity index (χ0v) is 7.55. The second kappa shape index (κ2) is 2.33. The molecule has 2 saturated heterocycles. The molecule has 0 saturated carbocycles. The maximum Gasteiger partial charge on any atom is 0.0922 e. The van der Waals surface area contributed by atoms with Crippen molar-refractivity contribution in [2.45, 2.75) is 49.9 Å². The van der Waals surface area contributed by atoms with Gasteiger partial charge in [-0.25, -0.2) is 0 Å². The normalized spacial score (nSPS) is 51.3. The molecule has 0 aliphatic carbocycles. The highest BCUT2D eigenvalue weighted by molar-refractivity contribution is 5.09. The highest BCUT2D eigenvalue weighted by atomic mass is 16.6. The molecule has 2 nitrogen and oxygen atoms in total. The van der Waals surface area contributed by atoms with Crippen molar-refractivity contribution in [1.29, 1.82) is 0 Å². The summed E-state index contributed by atoms with van der Waals surface area (Å²) >= 11 is 0. The van der Waals surface area contributed by atoms with Crippen molar-refractivity contribution in [1.82, 2.24) is 0 Å². The van der Waals surface area contributed by atoms with E-state index in [1.807, 2.05) is 13.0 Å². The number of aliphatic hydroxyl groups is 1. The summed E-state index contributed by atoms with van der Waals surface area (Å²) in [6, 6.07) is 0. The Morgan fingerprint density at radius 2 is 2.42 bits per heavy atom. The SMILES string of the molecule is C=CCC12CCC(C)(O1)C(O)C2. The van der Waals surface area contributed by atoms with Gasteiger partial charge in [-0.15, -0.1) is 6.58 Å². The fourth-order valence-corrected chi connectivity index (χ4v) is 2.51. The van der Waals surface area contributed by atoms with Gasteiger partial charge in [0.05, 0.1) is 17.3 Å². The molecule has 0 spiro atoms. The van der Waals surface area contributed by atoms with Gasteiger partial charge in [0.1, 0.15) is 0 Å². The molecule has 2 bridgehead atoms. The Labute approximate surface area is 73.2 Å². The minimum Gasteiger partial charge on any atom is -0.390 e. The Hall–Kier alpha value is -0.340. The third-order valence-electron chi connectivity index (χ3n) is 3.31. The van der Waals surface area contributed by atoms with Gasteiger partial charge in [0.2, 0.25) is 0 Å². The van der Waals surface area contributed by atoms with Crippen molar-refractivity contribution >= 4 is 0 Å². The molecule has 0 radical (unpaired) electrons. The van der Waals surface area contributed by atoms with Crippen LogP contribution in [0.2, 0.25) is 0 Å². The van der Waals surface area contributed by atoms with Crippen molar-refractivity contribution in [3.63, 3.8) is 0 Å². The fraction of sp³-hybridized carbons (Fsp3) is 0.800. The molecule has 2 aliphatic heterocycles. The van der Waals surface area contributed by atoms with Crippen LogP contribution in [0.15, 0.2) is 12.7 Å². The van der Waals surface area contributed by atoms with Crippen molar-refractivity contribution in [3.05, 3.63) is 12.7 Å². The van der Waals surface area contributed by atoms with Gasteiger partial charge in [-0.1, -0.05) is 6.08 Å². The summed E-state index contributed by atoms with van der Waals surface area (Å²) in [4.78, 5) is 0. The molecule has 12 heavy (non-hydrogen) atoms.